The average molecular weight is 942 g/mol. The summed E-state index contributed by atoms with van der Waals surface area (Å²) in [4.78, 5) is 9.91. The maximum Gasteiger partial charge on any atom is 0.486 e. The lowest BCUT2D eigenvalue weighted by Crippen LogP contribution is -2.30. The van der Waals surface area contributed by atoms with E-state index in [1.165, 1.54) is 0 Å². The first kappa shape index (κ1) is 43.7. The standard InChI is InChI=1S/C48H50N9O6P3/c1-33-25-35-29-49-56(5)64(57(6)50-30-36-26-34(2)28-38(48(36)59)32-55(4)24-23-54(3)31-37(27-33)47(35)58)51-65(60-43-19-11-7-15-39(43)40-16-8-12-20-44(40)61-65)53-66(52-64)62-45-21-13-9-17-41(45)42-18-10-14-22-46(42)63-66/h7-22,25-30,58-59H,23-24,31-32H2,1-6H3/b49-29-,50-30-. The summed E-state index contributed by atoms with van der Waals surface area (Å²) < 4.78 is 42.7. The average Bonchev–Trinajstić information content (AvgIpc) is 3.51. The molecule has 0 radical (unpaired) electrons. The van der Waals surface area contributed by atoms with Crippen molar-refractivity contribution in [3.8, 4) is 56.8 Å². The van der Waals surface area contributed by atoms with E-state index in [-0.39, 0.29) is 11.5 Å². The lowest BCUT2D eigenvalue weighted by Gasteiger charge is -2.48. The van der Waals surface area contributed by atoms with Crippen LogP contribution in [-0.4, -0.2) is 83.3 Å². The number of para-hydroxylation sites is 4. The van der Waals surface area contributed by atoms with Gasteiger partial charge < -0.3 is 33.9 Å². The molecule has 0 atom stereocenters. The minimum Gasteiger partial charge on any atom is -0.507 e. The molecule has 4 aliphatic heterocycles. The lowest BCUT2D eigenvalue weighted by atomic mass is 10.0. The molecule has 0 amide bonds. The van der Waals surface area contributed by atoms with Crippen LogP contribution in [0.4, 0.5) is 0 Å². The molecule has 338 valence electrons. The van der Waals surface area contributed by atoms with Gasteiger partial charge in [0.1, 0.15) is 30.5 Å². The van der Waals surface area contributed by atoms with Crippen LogP contribution < -0.4 is 18.1 Å². The number of fused-ring (bicyclic) bond motifs is 10. The van der Waals surface area contributed by atoms with Gasteiger partial charge in [-0.3, -0.25) is 18.6 Å². The van der Waals surface area contributed by atoms with Crippen molar-refractivity contribution in [3.05, 3.63) is 160 Å². The van der Waals surface area contributed by atoms with Crippen LogP contribution in [0.3, 0.4) is 0 Å². The number of hydrazone groups is 2. The van der Waals surface area contributed by atoms with Gasteiger partial charge in [0.05, 0.1) is 12.4 Å². The molecule has 6 aromatic carbocycles. The highest BCUT2D eigenvalue weighted by molar-refractivity contribution is 7.92. The molecule has 0 aliphatic carbocycles. The Balaban J connectivity index is 1.25. The van der Waals surface area contributed by atoms with Crippen LogP contribution in [0, 0.1) is 13.8 Å². The Kier molecular flexibility index (Phi) is 11.4. The van der Waals surface area contributed by atoms with Crippen molar-refractivity contribution in [2.75, 3.05) is 41.3 Å². The fourth-order valence-corrected chi connectivity index (χ4v) is 18.9. The molecule has 0 aromatic heterocycles. The van der Waals surface area contributed by atoms with E-state index in [1.54, 1.807) is 36.1 Å². The van der Waals surface area contributed by atoms with Crippen LogP contribution in [-0.2, 0) is 13.1 Å². The zero-order valence-corrected chi connectivity index (χ0v) is 40.1. The van der Waals surface area contributed by atoms with Crippen molar-refractivity contribution in [1.82, 2.24) is 19.4 Å². The quantitative estimate of drug-likeness (QED) is 0.141. The van der Waals surface area contributed by atoms with Crippen LogP contribution in [0.5, 0.6) is 34.5 Å². The molecule has 0 saturated heterocycles. The third-order valence-electron chi connectivity index (χ3n) is 11.7. The zero-order chi connectivity index (χ0) is 45.8. The molecule has 6 aromatic rings. The van der Waals surface area contributed by atoms with Crippen LogP contribution >= 0.6 is 23.2 Å². The van der Waals surface area contributed by atoms with Gasteiger partial charge in [0.15, 0.2) is 11.5 Å². The summed E-state index contributed by atoms with van der Waals surface area (Å²) in [7, 11) is -4.31. The molecule has 15 nitrogen and oxygen atoms in total. The van der Waals surface area contributed by atoms with Crippen molar-refractivity contribution in [1.29, 1.82) is 0 Å². The number of aryl methyl sites for hydroxylation is 2. The number of phenols is 2. The summed E-state index contributed by atoms with van der Waals surface area (Å²) >= 11 is 0. The predicted octanol–water partition coefficient (Wildman–Crippen LogP) is 12.1. The Morgan fingerprint density at radius 2 is 0.955 bits per heavy atom. The Morgan fingerprint density at radius 3 is 1.39 bits per heavy atom. The van der Waals surface area contributed by atoms with Gasteiger partial charge in [-0.05, 0) is 75.5 Å². The summed E-state index contributed by atoms with van der Waals surface area (Å²) in [5, 5.41) is 33.8. The number of nitrogens with zero attached hydrogens (tertiary/aromatic N) is 9. The topological polar surface area (TPSA) is 154 Å². The summed E-state index contributed by atoms with van der Waals surface area (Å²) in [5.41, 5.74) is 7.60. The van der Waals surface area contributed by atoms with Crippen LogP contribution in [0.1, 0.15) is 33.4 Å². The van der Waals surface area contributed by atoms with Gasteiger partial charge in [-0.25, -0.2) is 0 Å². The van der Waals surface area contributed by atoms with E-state index in [9.17, 15) is 10.2 Å². The zero-order valence-electron chi connectivity index (χ0n) is 37.4. The molecule has 0 fully saturated rings. The van der Waals surface area contributed by atoms with E-state index in [4.69, 9.17) is 42.2 Å². The second-order valence-electron chi connectivity index (χ2n) is 16.8. The maximum absolute atomic E-state index is 11.9. The maximum atomic E-state index is 11.9. The molecule has 0 saturated carbocycles. The van der Waals surface area contributed by atoms with Gasteiger partial charge in [-0.15, -0.1) is 0 Å². The molecular formula is C48H50N9O6P3. The SMILES string of the molecule is Cc1cc2c(O)c(c1)CN(C)CCN(C)Cc1cc(C)cc(c1O)/C=N\N(C)P1(=NP3(=N[P+]4([N-]1)Oc1ccccc1-c1ccccc1O4)Oc1ccccc1-c1ccccc1O3)N(C)/N=C\2. The van der Waals surface area contributed by atoms with E-state index in [0.29, 0.717) is 47.2 Å². The van der Waals surface area contributed by atoms with E-state index in [2.05, 4.69) is 9.80 Å². The van der Waals surface area contributed by atoms with Gasteiger partial charge in [0.2, 0.25) is 0 Å². The summed E-state index contributed by atoms with van der Waals surface area (Å²) in [6.45, 7) is 6.41. The largest absolute Gasteiger partial charge is 0.507 e. The molecule has 18 heteroatoms. The molecule has 4 heterocycles. The summed E-state index contributed by atoms with van der Waals surface area (Å²) in [6, 6.07) is 38.5. The lowest BCUT2D eigenvalue weighted by molar-refractivity contribution is 0.243. The predicted molar refractivity (Wildman–Crippen MR) is 264 cm³/mol. The molecule has 2 N–H and O–H groups in total. The van der Waals surface area contributed by atoms with Crippen molar-refractivity contribution < 1.29 is 28.3 Å². The number of hydrogen-bond donors (Lipinski definition) is 2. The van der Waals surface area contributed by atoms with Gasteiger partial charge in [-0.2, -0.15) is 14.7 Å². The molecule has 4 aliphatic rings. The third kappa shape index (κ3) is 8.21. The highest BCUT2D eigenvalue weighted by atomic mass is 31.3. The molecule has 4 bridgehead atoms. The minimum absolute atomic E-state index is 0.110. The number of hydrogen-bond acceptors (Lipinski definition) is 14. The number of rotatable bonds is 0. The Labute approximate surface area is 385 Å². The summed E-state index contributed by atoms with van der Waals surface area (Å²) in [5.74, 6) is 2.21. The van der Waals surface area contributed by atoms with Crippen LogP contribution in [0.2, 0.25) is 0 Å². The van der Waals surface area contributed by atoms with Gasteiger partial charge in [0, 0.05) is 89.3 Å². The monoisotopic (exact) mass is 941 g/mol. The smallest absolute Gasteiger partial charge is 0.486 e. The Bertz CT molecular complexity index is 2890. The Hall–Kier alpha value is -6.17. The normalized spacial score (nSPS) is 19.4. The molecule has 0 unspecified atom stereocenters. The first-order chi connectivity index (χ1) is 31.8. The number of benzene rings is 6. The molecular weight excluding hydrogens is 892 g/mol. The van der Waals surface area contributed by atoms with E-state index in [0.717, 1.165) is 57.6 Å². The third-order valence-corrected chi connectivity index (χ3v) is 20.7. The highest BCUT2D eigenvalue weighted by Crippen LogP contribution is 2.90. The van der Waals surface area contributed by atoms with Crippen LogP contribution in [0.15, 0.2) is 141 Å². The molecule has 66 heavy (non-hydrogen) atoms. The van der Waals surface area contributed by atoms with Gasteiger partial charge in [0.25, 0.3) is 0 Å². The van der Waals surface area contributed by atoms with Crippen molar-refractivity contribution in [2.45, 2.75) is 26.9 Å². The van der Waals surface area contributed by atoms with Gasteiger partial charge >= 0.3 is 15.7 Å². The number of aromatic hydroxyl groups is 2. The highest BCUT2D eigenvalue weighted by Gasteiger charge is 2.56. The molecule has 10 rings (SSSR count). The second kappa shape index (κ2) is 17.2. The first-order valence-electron chi connectivity index (χ1n) is 21.5. The summed E-state index contributed by atoms with van der Waals surface area (Å²) in [6.07, 6.45) is 3.22. The van der Waals surface area contributed by atoms with E-state index >= 15 is 0 Å². The molecule has 3 spiro atoms. The fraction of sp³-hybridized carbons (Fsp3) is 0.208. The van der Waals surface area contributed by atoms with Crippen molar-refractivity contribution in [2.24, 2.45) is 19.2 Å². The van der Waals surface area contributed by atoms with Crippen molar-refractivity contribution in [3.63, 3.8) is 0 Å². The van der Waals surface area contributed by atoms with Crippen molar-refractivity contribution >= 4 is 35.6 Å². The fourth-order valence-electron chi connectivity index (χ4n) is 8.41. The van der Waals surface area contributed by atoms with E-state index in [1.807, 2.05) is 149 Å². The first-order valence-corrected chi connectivity index (χ1v) is 26.1. The van der Waals surface area contributed by atoms with Crippen LogP contribution in [0.25, 0.3) is 27.1 Å². The minimum atomic E-state index is -4.00. The second-order valence-corrected chi connectivity index (χ2v) is 23.9. The van der Waals surface area contributed by atoms with E-state index < -0.39 is 23.2 Å². The Morgan fingerprint density at radius 1 is 0.561 bits per heavy atom. The number of phenolic OH excluding ortho intramolecular Hbond substituents is 2. The number of likely N-dealkylation sites (N-methyl/N-ethyl adjacent to an activating group) is 2. The van der Waals surface area contributed by atoms with Gasteiger partial charge in [-0.1, -0.05) is 84.9 Å².